The van der Waals surface area contributed by atoms with Gasteiger partial charge in [0.05, 0.1) is 0 Å². The van der Waals surface area contributed by atoms with Crippen molar-refractivity contribution in [2.75, 3.05) is 0 Å². The molecule has 0 unspecified atom stereocenters. The second kappa shape index (κ2) is 7.17. The van der Waals surface area contributed by atoms with E-state index < -0.39 is 40.9 Å². The lowest BCUT2D eigenvalue weighted by molar-refractivity contribution is 0.322. The molecule has 0 saturated heterocycles. The van der Waals surface area contributed by atoms with E-state index in [1.807, 2.05) is 26.2 Å². The van der Waals surface area contributed by atoms with Crippen molar-refractivity contribution >= 4 is 63.1 Å². The minimum absolute atomic E-state index is 1.72. The van der Waals surface area contributed by atoms with Crippen molar-refractivity contribution in [2.24, 2.45) is 0 Å². The normalized spacial score (nSPS) is 15.4. The fraction of sp³-hybridized carbons (Fsp3) is 1.00. The van der Waals surface area contributed by atoms with Crippen LogP contribution in [-0.2, 0) is 16.5 Å². The van der Waals surface area contributed by atoms with Crippen LogP contribution in [0.15, 0.2) is 0 Å². The van der Waals surface area contributed by atoms with Crippen molar-refractivity contribution in [3.8, 4) is 0 Å². The quantitative estimate of drug-likeness (QED) is 0.403. The smallest absolute Gasteiger partial charge is 0.437 e. The summed E-state index contributed by atoms with van der Waals surface area (Å²) in [7, 11) is -11.6. The zero-order valence-corrected chi connectivity index (χ0v) is 21.4. The third-order valence-corrected chi connectivity index (χ3v) is 19.3. The van der Waals surface area contributed by atoms with Gasteiger partial charge >= 0.3 is 24.3 Å². The summed E-state index contributed by atoms with van der Waals surface area (Å²) in [4.78, 5) is 0. The molecule has 0 aliphatic rings. The first-order valence-electron chi connectivity index (χ1n) is 7.01. The fourth-order valence-electron chi connectivity index (χ4n) is 2.11. The molecule has 0 N–H and O–H groups in total. The number of hydrogen-bond donors (Lipinski definition) is 0. The molecule has 0 aromatic carbocycles. The van der Waals surface area contributed by atoms with Crippen LogP contribution in [0.25, 0.3) is 0 Å². The summed E-state index contributed by atoms with van der Waals surface area (Å²) in [5.41, 5.74) is 0. The molecule has 0 aromatic rings. The Morgan fingerprint density at radius 2 is 0.714 bits per heavy atom. The van der Waals surface area contributed by atoms with E-state index in [2.05, 4.69) is 39.3 Å². The Kier molecular flexibility index (Phi) is 7.69. The lowest BCUT2D eigenvalue weighted by Crippen LogP contribution is -2.56. The van der Waals surface area contributed by atoms with Crippen LogP contribution in [0.1, 0.15) is 0 Å². The highest BCUT2D eigenvalue weighted by molar-refractivity contribution is 7.41. The topological polar surface area (TPSA) is 36.9 Å². The first-order valence-corrected chi connectivity index (χ1v) is 23.3. The summed E-state index contributed by atoms with van der Waals surface area (Å²) in [5, 5.41) is 0. The van der Waals surface area contributed by atoms with Gasteiger partial charge in [0.25, 0.3) is 0 Å². The SMILES string of the molecule is C[Si](C)(C)O[Si](C)(C)O[Si](Cl)(Cl)O[Si](C)(C)O[Si](C)(C)C. The van der Waals surface area contributed by atoms with E-state index in [0.717, 1.165) is 0 Å². The van der Waals surface area contributed by atoms with Gasteiger partial charge in [-0.2, -0.15) is 0 Å². The van der Waals surface area contributed by atoms with Gasteiger partial charge in [0.2, 0.25) is 0 Å². The molecule has 21 heavy (non-hydrogen) atoms. The minimum Gasteiger partial charge on any atom is -0.437 e. The molecule has 4 nitrogen and oxygen atoms in total. The molecule has 0 spiro atoms. The first kappa shape index (κ1) is 22.5. The third kappa shape index (κ3) is 12.6. The average molecular weight is 426 g/mol. The van der Waals surface area contributed by atoms with Crippen molar-refractivity contribution in [1.29, 1.82) is 0 Å². The molecule has 0 amide bonds. The van der Waals surface area contributed by atoms with Gasteiger partial charge in [-0.3, -0.25) is 0 Å². The summed E-state index contributed by atoms with van der Waals surface area (Å²) in [6.45, 7) is 20.5. The van der Waals surface area contributed by atoms with Crippen LogP contribution >= 0.6 is 22.2 Å². The fourth-order valence-corrected chi connectivity index (χ4v) is 26.8. The lowest BCUT2D eigenvalue weighted by Gasteiger charge is -2.38. The number of hydrogen-bond acceptors (Lipinski definition) is 4. The molecule has 0 atom stereocenters. The van der Waals surface area contributed by atoms with Gasteiger partial charge in [-0.15, -0.1) is 0 Å². The van der Waals surface area contributed by atoms with Gasteiger partial charge in [-0.25, -0.2) is 0 Å². The first-order chi connectivity index (χ1) is 8.83. The lowest BCUT2D eigenvalue weighted by atomic mass is 11.8. The van der Waals surface area contributed by atoms with Gasteiger partial charge < -0.3 is 16.5 Å². The zero-order chi connectivity index (χ0) is 17.3. The van der Waals surface area contributed by atoms with Crippen molar-refractivity contribution in [2.45, 2.75) is 65.5 Å². The number of halogens is 2. The third-order valence-electron chi connectivity index (χ3n) is 1.83. The van der Waals surface area contributed by atoms with Gasteiger partial charge in [-0.1, -0.05) is 22.2 Å². The Bertz CT molecular complexity index is 320. The molecule has 128 valence electrons. The molecular weight excluding hydrogens is 395 g/mol. The van der Waals surface area contributed by atoms with E-state index in [0.29, 0.717) is 0 Å². The Balaban J connectivity index is 4.83. The summed E-state index contributed by atoms with van der Waals surface area (Å²) >= 11 is 12.7. The maximum atomic E-state index is 6.36. The van der Waals surface area contributed by atoms with E-state index in [1.54, 1.807) is 0 Å². The monoisotopic (exact) mass is 424 g/mol. The van der Waals surface area contributed by atoms with Crippen molar-refractivity contribution in [3.63, 3.8) is 0 Å². The molecule has 0 rings (SSSR count). The van der Waals surface area contributed by atoms with E-state index >= 15 is 0 Å². The highest BCUT2D eigenvalue weighted by Crippen LogP contribution is 2.30. The molecule has 11 heteroatoms. The minimum atomic E-state index is -3.31. The van der Waals surface area contributed by atoms with Crippen LogP contribution < -0.4 is 0 Å². The summed E-state index contributed by atoms with van der Waals surface area (Å²) in [5.74, 6) is 0. The largest absolute Gasteiger partial charge is 0.533 e. The van der Waals surface area contributed by atoms with E-state index in [9.17, 15) is 0 Å². The molecule has 0 fully saturated rings. The standard InChI is InChI=1S/C10H30Cl2O4Si5/c1-17(2,3)13-19(7,8)15-21(11,12)16-20(9,10)14-18(4,5)6/h1-10H3. The van der Waals surface area contributed by atoms with Gasteiger partial charge in [-0.05, 0) is 65.5 Å². The average Bonchev–Trinajstić information content (AvgIpc) is 1.83. The number of rotatable bonds is 8. The van der Waals surface area contributed by atoms with E-state index in [-0.39, 0.29) is 0 Å². The van der Waals surface area contributed by atoms with Crippen molar-refractivity contribution < 1.29 is 16.5 Å². The Morgan fingerprint density at radius 1 is 0.476 bits per heavy atom. The molecule has 0 aliphatic heterocycles. The molecule has 0 aliphatic carbocycles. The van der Waals surface area contributed by atoms with Crippen molar-refractivity contribution in [3.05, 3.63) is 0 Å². The summed E-state index contributed by atoms with van der Waals surface area (Å²) in [6.07, 6.45) is 0. The summed E-state index contributed by atoms with van der Waals surface area (Å²) < 4.78 is 24.0. The Morgan fingerprint density at radius 3 is 0.905 bits per heavy atom. The predicted molar refractivity (Wildman–Crippen MR) is 103 cm³/mol. The Labute approximate surface area is 144 Å². The van der Waals surface area contributed by atoms with Crippen molar-refractivity contribution in [1.82, 2.24) is 0 Å². The highest BCUT2D eigenvalue weighted by atomic mass is 35.7. The molecule has 0 saturated carbocycles. The predicted octanol–water partition coefficient (Wildman–Crippen LogP) is 5.04. The zero-order valence-electron chi connectivity index (χ0n) is 14.9. The molecule has 0 aromatic heterocycles. The van der Waals surface area contributed by atoms with Gasteiger partial charge in [0, 0.05) is 0 Å². The van der Waals surface area contributed by atoms with Gasteiger partial charge in [0.15, 0.2) is 16.6 Å². The highest BCUT2D eigenvalue weighted by Gasteiger charge is 2.49. The van der Waals surface area contributed by atoms with Crippen LogP contribution in [0, 0.1) is 0 Å². The molecule has 0 heterocycles. The van der Waals surface area contributed by atoms with Crippen LogP contribution in [0.3, 0.4) is 0 Å². The van der Waals surface area contributed by atoms with E-state index in [1.165, 1.54) is 0 Å². The van der Waals surface area contributed by atoms with Crippen LogP contribution in [0.2, 0.25) is 65.5 Å². The second-order valence-electron chi connectivity index (χ2n) is 7.90. The van der Waals surface area contributed by atoms with Crippen LogP contribution in [-0.4, -0.2) is 40.9 Å². The van der Waals surface area contributed by atoms with Gasteiger partial charge in [0.1, 0.15) is 0 Å². The molecule has 0 radical (unpaired) electrons. The van der Waals surface area contributed by atoms with Crippen LogP contribution in [0.5, 0.6) is 0 Å². The maximum Gasteiger partial charge on any atom is 0.533 e. The Hall–Kier alpha value is 1.50. The summed E-state index contributed by atoms with van der Waals surface area (Å²) in [6, 6.07) is 0. The maximum absolute atomic E-state index is 6.36. The molecular formula is C10H30Cl2O4Si5. The van der Waals surface area contributed by atoms with Crippen LogP contribution in [0.4, 0.5) is 0 Å². The second-order valence-corrected chi connectivity index (χ2v) is 29.7. The van der Waals surface area contributed by atoms with E-state index in [4.69, 9.17) is 38.6 Å². The molecule has 0 bridgehead atoms.